The Kier molecular flexibility index (Phi) is 7.77. The van der Waals surface area contributed by atoms with E-state index in [1.807, 2.05) is 68.5 Å². The quantitative estimate of drug-likeness (QED) is 0.289. The van der Waals surface area contributed by atoms with Gasteiger partial charge in [-0.3, -0.25) is 14.5 Å². The van der Waals surface area contributed by atoms with E-state index in [-0.39, 0.29) is 11.1 Å². The number of nitrogens with zero attached hydrogens (tertiary/aromatic N) is 2. The second kappa shape index (κ2) is 11.2. The Hall–Kier alpha value is -2.96. The number of amides is 2. The highest BCUT2D eigenvalue weighted by Crippen LogP contribution is 2.36. The fourth-order valence-electron chi connectivity index (χ4n) is 5.23. The molecule has 1 aliphatic heterocycles. The molecule has 0 bridgehead atoms. The molecule has 0 unspecified atom stereocenters. The van der Waals surface area contributed by atoms with Crippen LogP contribution in [0.15, 0.2) is 59.5 Å². The topological polar surface area (TPSA) is 51.5 Å². The number of halogens is 1. The van der Waals surface area contributed by atoms with Crippen molar-refractivity contribution in [2.45, 2.75) is 52.6 Å². The van der Waals surface area contributed by atoms with Crippen molar-refractivity contribution in [3.05, 3.63) is 87.0 Å². The van der Waals surface area contributed by atoms with Gasteiger partial charge in [0, 0.05) is 34.2 Å². The number of ether oxygens (including phenoxy) is 1. The van der Waals surface area contributed by atoms with Crippen LogP contribution in [0.3, 0.4) is 0 Å². The van der Waals surface area contributed by atoms with Crippen LogP contribution in [-0.4, -0.2) is 27.2 Å². The molecule has 3 aromatic rings. The summed E-state index contributed by atoms with van der Waals surface area (Å²) in [6, 6.07) is 17.6. The molecule has 1 saturated heterocycles. The van der Waals surface area contributed by atoms with Crippen LogP contribution in [0.2, 0.25) is 5.02 Å². The lowest BCUT2D eigenvalue weighted by Gasteiger charge is -2.25. The molecule has 2 fully saturated rings. The summed E-state index contributed by atoms with van der Waals surface area (Å²) in [5.74, 6) is 1.03. The van der Waals surface area contributed by atoms with Crippen LogP contribution >= 0.6 is 23.4 Å². The summed E-state index contributed by atoms with van der Waals surface area (Å²) in [5, 5.41) is 0.542. The van der Waals surface area contributed by atoms with Gasteiger partial charge in [-0.15, -0.1) is 0 Å². The molecule has 0 radical (unpaired) electrons. The van der Waals surface area contributed by atoms with Gasteiger partial charge in [-0.2, -0.15) is 0 Å². The third-order valence-corrected chi connectivity index (χ3v) is 8.52. The molecule has 2 aromatic carbocycles. The van der Waals surface area contributed by atoms with Gasteiger partial charge >= 0.3 is 0 Å². The van der Waals surface area contributed by atoms with Gasteiger partial charge in [-0.25, -0.2) is 0 Å². The second-order valence-corrected chi connectivity index (χ2v) is 11.2. The molecule has 1 aliphatic carbocycles. The minimum atomic E-state index is -0.162. The fourth-order valence-corrected chi connectivity index (χ4v) is 6.26. The van der Waals surface area contributed by atoms with Crippen LogP contribution in [-0.2, 0) is 11.4 Å². The molecule has 1 saturated carbocycles. The Bertz CT molecular complexity index is 1340. The van der Waals surface area contributed by atoms with Crippen molar-refractivity contribution in [1.29, 1.82) is 0 Å². The molecule has 0 atom stereocenters. The van der Waals surface area contributed by atoms with E-state index < -0.39 is 0 Å². The average Bonchev–Trinajstić information content (AvgIpc) is 3.33. The van der Waals surface area contributed by atoms with Gasteiger partial charge < -0.3 is 9.30 Å². The molecule has 5 nitrogen and oxygen atoms in total. The Morgan fingerprint density at radius 2 is 1.76 bits per heavy atom. The monoisotopic (exact) mass is 534 g/mol. The van der Waals surface area contributed by atoms with Crippen molar-refractivity contribution >= 4 is 40.6 Å². The van der Waals surface area contributed by atoms with Crippen molar-refractivity contribution < 1.29 is 14.3 Å². The first-order valence-electron chi connectivity index (χ1n) is 12.8. The van der Waals surface area contributed by atoms with Gasteiger partial charge in [0.1, 0.15) is 12.4 Å². The van der Waals surface area contributed by atoms with E-state index in [9.17, 15) is 9.59 Å². The standard InChI is InChI=1S/C30H31ClN2O3S/c1-20-16-24(17-28-29(34)32(30(35)37-28)18-22-8-4-3-5-9-22)21(2)33(20)25-12-14-26(15-13-25)36-19-23-10-6-7-11-27(23)31/h6-7,10-17,22H,3-5,8-9,18-19H2,1-2H3/b28-17+. The first-order valence-corrected chi connectivity index (χ1v) is 14.0. The maximum Gasteiger partial charge on any atom is 0.293 e. The van der Waals surface area contributed by atoms with Gasteiger partial charge in [0.25, 0.3) is 11.1 Å². The first kappa shape index (κ1) is 25.7. The van der Waals surface area contributed by atoms with Crippen LogP contribution in [0.5, 0.6) is 5.75 Å². The minimum absolute atomic E-state index is 0.150. The predicted octanol–water partition coefficient (Wildman–Crippen LogP) is 7.94. The predicted molar refractivity (Wildman–Crippen MR) is 150 cm³/mol. The number of aryl methyl sites for hydroxylation is 1. The summed E-state index contributed by atoms with van der Waals surface area (Å²) >= 11 is 7.29. The highest BCUT2D eigenvalue weighted by molar-refractivity contribution is 8.18. The molecule has 0 spiro atoms. The smallest absolute Gasteiger partial charge is 0.293 e. The zero-order chi connectivity index (χ0) is 25.9. The third-order valence-electron chi connectivity index (χ3n) is 7.24. The first-order chi connectivity index (χ1) is 17.9. The van der Waals surface area contributed by atoms with Crippen LogP contribution in [0.25, 0.3) is 11.8 Å². The van der Waals surface area contributed by atoms with E-state index >= 15 is 0 Å². The fraction of sp³-hybridized carbons (Fsp3) is 0.333. The molecule has 37 heavy (non-hydrogen) atoms. The summed E-state index contributed by atoms with van der Waals surface area (Å²) in [6.45, 7) is 5.03. The van der Waals surface area contributed by atoms with Crippen LogP contribution < -0.4 is 4.74 Å². The van der Waals surface area contributed by atoms with Crippen molar-refractivity contribution in [1.82, 2.24) is 9.47 Å². The second-order valence-electron chi connectivity index (χ2n) is 9.83. The van der Waals surface area contributed by atoms with Crippen LogP contribution in [0.1, 0.15) is 54.6 Å². The molecular formula is C30H31ClN2O3S. The number of hydrogen-bond acceptors (Lipinski definition) is 4. The van der Waals surface area contributed by atoms with E-state index in [4.69, 9.17) is 16.3 Å². The summed E-state index contributed by atoms with van der Waals surface area (Å²) in [5.41, 5.74) is 4.96. The van der Waals surface area contributed by atoms with Gasteiger partial charge in [-0.1, -0.05) is 49.1 Å². The molecule has 2 amide bonds. The lowest BCUT2D eigenvalue weighted by Crippen LogP contribution is -2.34. The largest absolute Gasteiger partial charge is 0.489 e. The number of carbonyl (C=O) groups is 2. The minimum Gasteiger partial charge on any atom is -0.489 e. The Morgan fingerprint density at radius 3 is 2.49 bits per heavy atom. The lowest BCUT2D eigenvalue weighted by molar-refractivity contribution is -0.123. The summed E-state index contributed by atoms with van der Waals surface area (Å²) < 4.78 is 8.07. The van der Waals surface area contributed by atoms with Crippen molar-refractivity contribution in [2.75, 3.05) is 6.54 Å². The SMILES string of the molecule is Cc1cc(/C=C2/SC(=O)N(CC3CCCCC3)C2=O)c(C)n1-c1ccc(OCc2ccccc2Cl)cc1. The number of rotatable bonds is 7. The Labute approximate surface area is 227 Å². The molecule has 0 N–H and O–H groups in total. The highest BCUT2D eigenvalue weighted by atomic mass is 35.5. The zero-order valence-corrected chi connectivity index (χ0v) is 22.8. The number of thioether (sulfide) groups is 1. The van der Waals surface area contributed by atoms with Crippen molar-refractivity contribution in [3.63, 3.8) is 0 Å². The van der Waals surface area contributed by atoms with Crippen molar-refractivity contribution in [2.24, 2.45) is 5.92 Å². The van der Waals surface area contributed by atoms with Gasteiger partial charge in [0.2, 0.25) is 0 Å². The van der Waals surface area contributed by atoms with E-state index in [0.29, 0.717) is 29.0 Å². The normalized spacial score (nSPS) is 17.7. The number of aromatic nitrogens is 1. The van der Waals surface area contributed by atoms with Crippen molar-refractivity contribution in [3.8, 4) is 11.4 Å². The van der Waals surface area contributed by atoms with Crippen LogP contribution in [0, 0.1) is 19.8 Å². The molecule has 2 aliphatic rings. The molecule has 7 heteroatoms. The number of hydrogen-bond donors (Lipinski definition) is 0. The maximum absolute atomic E-state index is 13.1. The summed E-state index contributed by atoms with van der Waals surface area (Å²) in [6.07, 6.45) is 7.71. The van der Waals surface area contributed by atoms with E-state index in [0.717, 1.165) is 58.6 Å². The molecule has 1 aromatic heterocycles. The highest BCUT2D eigenvalue weighted by Gasteiger charge is 2.36. The number of benzene rings is 2. The van der Waals surface area contributed by atoms with E-state index in [1.165, 1.54) is 24.2 Å². The van der Waals surface area contributed by atoms with E-state index in [2.05, 4.69) is 10.6 Å². The van der Waals surface area contributed by atoms with Gasteiger partial charge in [-0.05, 0) is 92.4 Å². The number of imide groups is 1. The summed E-state index contributed by atoms with van der Waals surface area (Å²) in [4.78, 5) is 27.7. The molecule has 2 heterocycles. The lowest BCUT2D eigenvalue weighted by atomic mass is 9.89. The average molecular weight is 535 g/mol. The zero-order valence-electron chi connectivity index (χ0n) is 21.2. The third kappa shape index (κ3) is 5.65. The molecular weight excluding hydrogens is 504 g/mol. The summed E-state index contributed by atoms with van der Waals surface area (Å²) in [7, 11) is 0. The van der Waals surface area contributed by atoms with Crippen LogP contribution in [0.4, 0.5) is 4.79 Å². The van der Waals surface area contributed by atoms with Gasteiger partial charge in [0.15, 0.2) is 0 Å². The Balaban J connectivity index is 1.30. The number of carbonyl (C=O) groups excluding carboxylic acids is 2. The maximum atomic E-state index is 13.1. The Morgan fingerprint density at radius 1 is 1.03 bits per heavy atom. The van der Waals surface area contributed by atoms with E-state index in [1.54, 1.807) is 0 Å². The molecule has 5 rings (SSSR count). The van der Waals surface area contributed by atoms with Gasteiger partial charge in [0.05, 0.1) is 4.91 Å². The molecule has 192 valence electrons.